The van der Waals surface area contributed by atoms with Gasteiger partial charge < -0.3 is 19.9 Å². The average Bonchev–Trinajstić information content (AvgIpc) is 3.33. The number of carbonyl (C=O) groups excluding carboxylic acids is 3. The Balaban J connectivity index is 0.00000441. The number of nitrogens with one attached hydrogen (secondary N) is 1. The van der Waals surface area contributed by atoms with Crippen molar-refractivity contribution < 1.29 is 19.1 Å². The molecule has 3 saturated heterocycles. The highest BCUT2D eigenvalue weighted by Gasteiger charge is 2.45. The highest BCUT2D eigenvalue weighted by atomic mass is 35.5. The number of rotatable bonds is 6. The zero-order chi connectivity index (χ0) is 28.3. The molecule has 0 spiro atoms. The number of carbonyl (C=O) groups is 3. The summed E-state index contributed by atoms with van der Waals surface area (Å²) in [6.45, 7) is 14.0. The monoisotopic (exact) mass is 597 g/mol. The summed E-state index contributed by atoms with van der Waals surface area (Å²) < 4.78 is 5.57. The summed E-state index contributed by atoms with van der Waals surface area (Å²) in [6, 6.07) is 3.48. The van der Waals surface area contributed by atoms with Crippen molar-refractivity contribution in [2.45, 2.75) is 77.9 Å². The maximum absolute atomic E-state index is 14.0. The lowest BCUT2D eigenvalue weighted by Crippen LogP contribution is -2.60. The van der Waals surface area contributed by atoms with E-state index in [0.717, 1.165) is 38.3 Å². The molecule has 3 aliphatic rings. The van der Waals surface area contributed by atoms with E-state index in [4.69, 9.17) is 16.3 Å². The SMILES string of the molecule is CC(=O)N[C@@H](CC(C)(C)C)C(=O)N1CCN(C(=O)[C@@H]2CN(C3CCOCC3)C[C@H]2c2ccc(Cl)cn2)C[C@H]1C.Cl. The van der Waals surface area contributed by atoms with Crippen molar-refractivity contribution in [2.75, 3.05) is 45.9 Å². The van der Waals surface area contributed by atoms with Crippen LogP contribution in [0, 0.1) is 11.3 Å². The van der Waals surface area contributed by atoms with Crippen molar-refractivity contribution >= 4 is 41.7 Å². The largest absolute Gasteiger partial charge is 0.381 e. The van der Waals surface area contributed by atoms with Crippen LogP contribution in [0.3, 0.4) is 0 Å². The second kappa shape index (κ2) is 13.8. The van der Waals surface area contributed by atoms with Gasteiger partial charge in [0.2, 0.25) is 17.7 Å². The summed E-state index contributed by atoms with van der Waals surface area (Å²) >= 11 is 6.11. The predicted octanol–water partition coefficient (Wildman–Crippen LogP) is 3.35. The lowest BCUT2D eigenvalue weighted by molar-refractivity contribution is -0.147. The summed E-state index contributed by atoms with van der Waals surface area (Å²) in [6.07, 6.45) is 4.16. The van der Waals surface area contributed by atoms with Gasteiger partial charge >= 0.3 is 0 Å². The first-order valence-corrected chi connectivity index (χ1v) is 14.6. The van der Waals surface area contributed by atoms with E-state index >= 15 is 0 Å². The Labute approximate surface area is 249 Å². The van der Waals surface area contributed by atoms with Crippen LogP contribution in [0.1, 0.15) is 65.5 Å². The number of halogens is 2. The van der Waals surface area contributed by atoms with Crippen molar-refractivity contribution in [1.29, 1.82) is 0 Å². The van der Waals surface area contributed by atoms with E-state index in [-0.39, 0.29) is 53.4 Å². The van der Waals surface area contributed by atoms with Crippen LogP contribution in [0.25, 0.3) is 0 Å². The van der Waals surface area contributed by atoms with E-state index in [0.29, 0.717) is 43.7 Å². The van der Waals surface area contributed by atoms with Crippen molar-refractivity contribution in [3.05, 3.63) is 29.0 Å². The van der Waals surface area contributed by atoms with E-state index in [1.165, 1.54) is 6.92 Å². The number of piperazine rings is 1. The van der Waals surface area contributed by atoms with E-state index in [1.54, 1.807) is 6.20 Å². The Morgan fingerprint density at radius 1 is 1.12 bits per heavy atom. The molecule has 11 heteroatoms. The Hall–Kier alpha value is -1.94. The fraction of sp³-hybridized carbons (Fsp3) is 0.724. The van der Waals surface area contributed by atoms with Gasteiger partial charge in [0.1, 0.15) is 6.04 Å². The molecule has 3 aliphatic heterocycles. The van der Waals surface area contributed by atoms with Gasteiger partial charge in [-0.05, 0) is 43.7 Å². The third-order valence-electron chi connectivity index (χ3n) is 8.22. The highest BCUT2D eigenvalue weighted by molar-refractivity contribution is 6.30. The van der Waals surface area contributed by atoms with Gasteiger partial charge in [0.05, 0.1) is 10.9 Å². The average molecular weight is 599 g/mol. The number of ether oxygens (including phenoxy) is 1. The number of likely N-dealkylation sites (tertiary alicyclic amines) is 1. The number of aromatic nitrogens is 1. The molecule has 9 nitrogen and oxygen atoms in total. The van der Waals surface area contributed by atoms with Crippen LogP contribution in [-0.4, -0.2) is 101 Å². The maximum atomic E-state index is 14.0. The molecule has 0 radical (unpaired) electrons. The third-order valence-corrected chi connectivity index (χ3v) is 8.44. The van der Waals surface area contributed by atoms with Crippen molar-refractivity contribution in [3.63, 3.8) is 0 Å². The number of nitrogens with zero attached hydrogens (tertiary/aromatic N) is 4. The van der Waals surface area contributed by atoms with E-state index < -0.39 is 6.04 Å². The van der Waals surface area contributed by atoms with Gasteiger partial charge in [-0.1, -0.05) is 32.4 Å². The first kappa shape index (κ1) is 32.6. The molecule has 1 aromatic heterocycles. The summed E-state index contributed by atoms with van der Waals surface area (Å²) in [5.41, 5.74) is 0.780. The minimum Gasteiger partial charge on any atom is -0.381 e. The van der Waals surface area contributed by atoms with Gasteiger partial charge in [-0.25, -0.2) is 0 Å². The number of hydrogen-bond acceptors (Lipinski definition) is 6. The van der Waals surface area contributed by atoms with Crippen molar-refractivity contribution in [1.82, 2.24) is 25.0 Å². The van der Waals surface area contributed by atoms with Crippen LogP contribution < -0.4 is 5.32 Å². The van der Waals surface area contributed by atoms with Gasteiger partial charge in [-0.2, -0.15) is 0 Å². The van der Waals surface area contributed by atoms with E-state index in [1.807, 2.05) is 28.9 Å². The van der Waals surface area contributed by atoms with Crippen LogP contribution >= 0.6 is 24.0 Å². The maximum Gasteiger partial charge on any atom is 0.245 e. The topological polar surface area (TPSA) is 95.1 Å². The van der Waals surface area contributed by atoms with E-state index in [2.05, 4.69) is 36.0 Å². The van der Waals surface area contributed by atoms with Crippen LogP contribution in [0.4, 0.5) is 0 Å². The molecule has 4 rings (SSSR count). The fourth-order valence-electron chi connectivity index (χ4n) is 6.32. The normalized spacial score (nSPS) is 25.3. The molecule has 1 N–H and O–H groups in total. The van der Waals surface area contributed by atoms with Gasteiger partial charge in [0, 0.05) is 82.8 Å². The van der Waals surface area contributed by atoms with Crippen LogP contribution in [0.2, 0.25) is 5.02 Å². The van der Waals surface area contributed by atoms with Crippen molar-refractivity contribution in [3.8, 4) is 0 Å². The molecule has 3 amide bonds. The highest BCUT2D eigenvalue weighted by Crippen LogP contribution is 2.36. The molecule has 224 valence electrons. The molecular formula is C29H45Cl2N5O4. The quantitative estimate of drug-likeness (QED) is 0.540. The molecular weight excluding hydrogens is 553 g/mol. The van der Waals surface area contributed by atoms with Gasteiger partial charge in [0.15, 0.2) is 0 Å². The van der Waals surface area contributed by atoms with Gasteiger partial charge in [-0.3, -0.25) is 24.3 Å². The number of pyridine rings is 1. The van der Waals surface area contributed by atoms with Crippen LogP contribution in [0.5, 0.6) is 0 Å². The molecule has 0 aromatic carbocycles. The lowest BCUT2D eigenvalue weighted by Gasteiger charge is -2.43. The summed E-state index contributed by atoms with van der Waals surface area (Å²) in [5.74, 6) is -0.378. The Morgan fingerprint density at radius 2 is 1.82 bits per heavy atom. The summed E-state index contributed by atoms with van der Waals surface area (Å²) in [5, 5.41) is 3.44. The smallest absolute Gasteiger partial charge is 0.245 e. The Bertz CT molecular complexity index is 1030. The predicted molar refractivity (Wildman–Crippen MR) is 158 cm³/mol. The van der Waals surface area contributed by atoms with E-state index in [9.17, 15) is 14.4 Å². The standard InChI is InChI=1S/C29H44ClN5O4.ClH/c1-19-16-33(10-11-35(19)28(38)26(32-20(2)36)14-29(3,4)5)27(37)24-18-34(22-8-12-39-13-9-22)17-23(24)25-7-6-21(30)15-31-25;/h6-7,15,19,22-24,26H,8-14,16-18H2,1-5H3,(H,32,36);1H/t19-,23-,24-,26+;/m1./s1. The molecule has 40 heavy (non-hydrogen) atoms. The molecule has 0 aliphatic carbocycles. The Morgan fingerprint density at radius 3 is 2.40 bits per heavy atom. The number of amides is 3. The lowest BCUT2D eigenvalue weighted by atomic mass is 9.87. The fourth-order valence-corrected chi connectivity index (χ4v) is 6.43. The minimum atomic E-state index is -0.574. The molecule has 1 aromatic rings. The molecule has 0 saturated carbocycles. The number of hydrogen-bond donors (Lipinski definition) is 1. The summed E-state index contributed by atoms with van der Waals surface area (Å²) in [4.78, 5) is 50.2. The summed E-state index contributed by atoms with van der Waals surface area (Å²) in [7, 11) is 0. The molecule has 4 atom stereocenters. The molecule has 3 fully saturated rings. The molecule has 0 bridgehead atoms. The van der Waals surface area contributed by atoms with Gasteiger partial charge in [0.25, 0.3) is 0 Å². The van der Waals surface area contributed by atoms with Crippen LogP contribution in [-0.2, 0) is 19.1 Å². The third kappa shape index (κ3) is 8.08. The zero-order valence-electron chi connectivity index (χ0n) is 24.4. The zero-order valence-corrected chi connectivity index (χ0v) is 26.0. The van der Waals surface area contributed by atoms with Gasteiger partial charge in [-0.15, -0.1) is 12.4 Å². The minimum absolute atomic E-state index is 0. The first-order chi connectivity index (χ1) is 18.4. The van der Waals surface area contributed by atoms with Crippen LogP contribution in [0.15, 0.2) is 18.3 Å². The Kier molecular flexibility index (Phi) is 11.3. The molecule has 4 heterocycles. The second-order valence-corrected chi connectivity index (χ2v) is 13.0. The van der Waals surface area contributed by atoms with Crippen molar-refractivity contribution in [2.24, 2.45) is 11.3 Å². The molecule has 0 unspecified atom stereocenters. The first-order valence-electron chi connectivity index (χ1n) is 14.2. The second-order valence-electron chi connectivity index (χ2n) is 12.6.